The molecule has 0 amide bonds. The molecular formula is C17H21ClNO2+. The summed E-state index contributed by atoms with van der Waals surface area (Å²) in [5, 5.41) is 12.9. The molecule has 0 radical (unpaired) electrons. The molecule has 4 heteroatoms. The molecular weight excluding hydrogens is 286 g/mol. The highest BCUT2D eigenvalue weighted by Crippen LogP contribution is 2.22. The number of benzene rings is 2. The van der Waals surface area contributed by atoms with Crippen LogP contribution in [0.1, 0.15) is 24.2 Å². The van der Waals surface area contributed by atoms with Crippen molar-refractivity contribution in [2.24, 2.45) is 0 Å². The van der Waals surface area contributed by atoms with E-state index in [1.54, 1.807) is 0 Å². The van der Waals surface area contributed by atoms with Gasteiger partial charge in [0.05, 0.1) is 6.61 Å². The molecule has 21 heavy (non-hydrogen) atoms. The van der Waals surface area contributed by atoms with Gasteiger partial charge in [-0.15, -0.1) is 0 Å². The third-order valence-corrected chi connectivity index (χ3v) is 3.50. The van der Waals surface area contributed by atoms with Gasteiger partial charge in [-0.25, -0.2) is 0 Å². The van der Waals surface area contributed by atoms with Gasteiger partial charge in [0.15, 0.2) is 0 Å². The molecule has 0 saturated carbocycles. The van der Waals surface area contributed by atoms with Crippen molar-refractivity contribution < 1.29 is 15.2 Å². The Hall–Kier alpha value is -1.55. The van der Waals surface area contributed by atoms with Crippen LogP contribution in [0.25, 0.3) is 0 Å². The molecule has 3 nitrogen and oxygen atoms in total. The Bertz CT molecular complexity index is 560. The number of hydrogen-bond donors (Lipinski definition) is 2. The van der Waals surface area contributed by atoms with Crippen LogP contribution in [0.3, 0.4) is 0 Å². The molecule has 3 N–H and O–H groups in total. The molecule has 0 fully saturated rings. The second-order valence-corrected chi connectivity index (χ2v) is 5.28. The SMILES string of the molecule is CCOc1ccc(Cl)cc1C[NH2+]C[C@@H](O)c1ccccc1. The lowest BCUT2D eigenvalue weighted by Gasteiger charge is -2.12. The van der Waals surface area contributed by atoms with Crippen LogP contribution >= 0.6 is 11.6 Å². The fraction of sp³-hybridized carbons (Fsp3) is 0.294. The van der Waals surface area contributed by atoms with E-state index < -0.39 is 6.10 Å². The number of aliphatic hydroxyl groups excluding tert-OH is 1. The highest BCUT2D eigenvalue weighted by Gasteiger charge is 2.11. The summed E-state index contributed by atoms with van der Waals surface area (Å²) >= 11 is 6.04. The Balaban J connectivity index is 1.92. The zero-order chi connectivity index (χ0) is 15.1. The quantitative estimate of drug-likeness (QED) is 0.826. The normalized spacial score (nSPS) is 12.1. The lowest BCUT2D eigenvalue weighted by atomic mass is 10.1. The highest BCUT2D eigenvalue weighted by atomic mass is 35.5. The fourth-order valence-electron chi connectivity index (χ4n) is 2.21. The lowest BCUT2D eigenvalue weighted by molar-refractivity contribution is -0.677. The predicted molar refractivity (Wildman–Crippen MR) is 84.5 cm³/mol. The first-order valence-corrected chi connectivity index (χ1v) is 7.54. The monoisotopic (exact) mass is 306 g/mol. The molecule has 0 aliphatic rings. The summed E-state index contributed by atoms with van der Waals surface area (Å²) in [7, 11) is 0. The first kappa shape index (κ1) is 15.8. The Morgan fingerprint density at radius 1 is 1.19 bits per heavy atom. The average Bonchev–Trinajstić information content (AvgIpc) is 2.51. The van der Waals surface area contributed by atoms with Crippen LogP contribution in [0.5, 0.6) is 5.75 Å². The molecule has 0 unspecified atom stereocenters. The van der Waals surface area contributed by atoms with Crippen LogP contribution in [-0.2, 0) is 6.54 Å². The standard InChI is InChI=1S/C17H20ClNO2/c1-2-21-17-9-8-15(18)10-14(17)11-19-12-16(20)13-6-4-3-5-7-13/h3-10,16,19-20H,2,11-12H2,1H3/p+1/t16-/m1/s1. The molecule has 2 aromatic carbocycles. The predicted octanol–water partition coefficient (Wildman–Crippen LogP) is 2.54. The minimum Gasteiger partial charge on any atom is -0.493 e. The number of halogens is 1. The Kier molecular flexibility index (Phi) is 6.05. The van der Waals surface area contributed by atoms with Crippen molar-refractivity contribution in [3.05, 3.63) is 64.7 Å². The van der Waals surface area contributed by atoms with E-state index in [4.69, 9.17) is 16.3 Å². The molecule has 0 heterocycles. The smallest absolute Gasteiger partial charge is 0.128 e. The van der Waals surface area contributed by atoms with Gasteiger partial charge in [-0.2, -0.15) is 0 Å². The molecule has 0 saturated heterocycles. The van der Waals surface area contributed by atoms with Crippen molar-refractivity contribution in [3.63, 3.8) is 0 Å². The number of rotatable bonds is 7. The van der Waals surface area contributed by atoms with E-state index in [0.29, 0.717) is 18.2 Å². The lowest BCUT2D eigenvalue weighted by Crippen LogP contribution is -2.83. The summed E-state index contributed by atoms with van der Waals surface area (Å²) in [6.45, 7) is 3.91. The van der Waals surface area contributed by atoms with Crippen molar-refractivity contribution in [2.75, 3.05) is 13.2 Å². The fourth-order valence-corrected chi connectivity index (χ4v) is 2.41. The van der Waals surface area contributed by atoms with Crippen molar-refractivity contribution in [3.8, 4) is 5.75 Å². The van der Waals surface area contributed by atoms with E-state index in [1.165, 1.54) is 0 Å². The summed E-state index contributed by atoms with van der Waals surface area (Å²) in [5.74, 6) is 0.854. The molecule has 0 spiro atoms. The zero-order valence-electron chi connectivity index (χ0n) is 12.1. The van der Waals surface area contributed by atoms with E-state index in [2.05, 4.69) is 5.32 Å². The minimum atomic E-state index is -0.471. The van der Waals surface area contributed by atoms with Crippen LogP contribution in [-0.4, -0.2) is 18.3 Å². The van der Waals surface area contributed by atoms with E-state index in [1.807, 2.05) is 55.5 Å². The first-order valence-electron chi connectivity index (χ1n) is 7.16. The molecule has 2 rings (SSSR count). The van der Waals surface area contributed by atoms with Crippen molar-refractivity contribution in [1.29, 1.82) is 0 Å². The van der Waals surface area contributed by atoms with E-state index >= 15 is 0 Å². The van der Waals surface area contributed by atoms with E-state index in [9.17, 15) is 5.11 Å². The third-order valence-electron chi connectivity index (χ3n) is 3.26. The summed E-state index contributed by atoms with van der Waals surface area (Å²) in [6, 6.07) is 15.3. The maximum atomic E-state index is 10.1. The highest BCUT2D eigenvalue weighted by molar-refractivity contribution is 6.30. The number of quaternary nitrogens is 1. The molecule has 112 valence electrons. The summed E-state index contributed by atoms with van der Waals surface area (Å²) in [6.07, 6.45) is -0.471. The number of nitrogens with two attached hydrogens (primary N) is 1. The van der Waals surface area contributed by atoms with Gasteiger partial charge >= 0.3 is 0 Å². The summed E-state index contributed by atoms with van der Waals surface area (Å²) < 4.78 is 5.59. The van der Waals surface area contributed by atoms with Gasteiger partial charge < -0.3 is 15.2 Å². The number of hydrogen-bond acceptors (Lipinski definition) is 2. The van der Waals surface area contributed by atoms with Gasteiger partial charge in [0.2, 0.25) is 0 Å². The van der Waals surface area contributed by atoms with Gasteiger partial charge in [-0.1, -0.05) is 41.9 Å². The van der Waals surface area contributed by atoms with Crippen molar-refractivity contribution >= 4 is 11.6 Å². The Morgan fingerprint density at radius 3 is 2.67 bits per heavy atom. The maximum absolute atomic E-state index is 10.1. The second kappa shape index (κ2) is 8.03. The van der Waals surface area contributed by atoms with Crippen LogP contribution in [0.4, 0.5) is 0 Å². The van der Waals surface area contributed by atoms with Gasteiger partial charge in [0.1, 0.15) is 24.9 Å². The van der Waals surface area contributed by atoms with Crippen LogP contribution in [0, 0.1) is 0 Å². The molecule has 0 aliphatic carbocycles. The molecule has 0 bridgehead atoms. The summed E-state index contributed by atoms with van der Waals surface area (Å²) in [4.78, 5) is 0. The number of aliphatic hydroxyl groups is 1. The molecule has 0 aromatic heterocycles. The van der Waals surface area contributed by atoms with Crippen LogP contribution in [0.2, 0.25) is 5.02 Å². The molecule has 0 aliphatic heterocycles. The Labute approximate surface area is 130 Å². The van der Waals surface area contributed by atoms with Crippen LogP contribution < -0.4 is 10.1 Å². The van der Waals surface area contributed by atoms with Gasteiger partial charge in [-0.05, 0) is 30.7 Å². The van der Waals surface area contributed by atoms with Gasteiger partial charge in [0.25, 0.3) is 0 Å². The summed E-state index contributed by atoms with van der Waals surface area (Å²) in [5.41, 5.74) is 1.98. The third kappa shape index (κ3) is 4.74. The number of ether oxygens (including phenoxy) is 1. The van der Waals surface area contributed by atoms with Gasteiger partial charge in [-0.3, -0.25) is 0 Å². The minimum absolute atomic E-state index is 0.471. The zero-order valence-corrected chi connectivity index (χ0v) is 12.9. The average molecular weight is 307 g/mol. The van der Waals surface area contributed by atoms with Gasteiger partial charge in [0, 0.05) is 10.6 Å². The first-order chi connectivity index (χ1) is 10.2. The van der Waals surface area contributed by atoms with Crippen molar-refractivity contribution in [2.45, 2.75) is 19.6 Å². The molecule has 1 atom stereocenters. The molecule has 2 aromatic rings. The van der Waals surface area contributed by atoms with Crippen molar-refractivity contribution in [1.82, 2.24) is 0 Å². The maximum Gasteiger partial charge on any atom is 0.128 e. The topological polar surface area (TPSA) is 46.1 Å². The van der Waals surface area contributed by atoms with E-state index in [0.717, 1.165) is 23.4 Å². The second-order valence-electron chi connectivity index (χ2n) is 4.84. The van der Waals surface area contributed by atoms with E-state index in [-0.39, 0.29) is 0 Å². The Morgan fingerprint density at radius 2 is 1.95 bits per heavy atom. The largest absolute Gasteiger partial charge is 0.493 e. The van der Waals surface area contributed by atoms with Crippen LogP contribution in [0.15, 0.2) is 48.5 Å².